The molecular formula is C15H22ClNO. The van der Waals surface area contributed by atoms with E-state index < -0.39 is 0 Å². The van der Waals surface area contributed by atoms with Crippen molar-refractivity contribution in [1.82, 2.24) is 5.32 Å². The summed E-state index contributed by atoms with van der Waals surface area (Å²) < 4.78 is 5.67. The number of hydrogen-bond acceptors (Lipinski definition) is 2. The lowest BCUT2D eigenvalue weighted by molar-refractivity contribution is 0.367. The van der Waals surface area contributed by atoms with E-state index in [1.165, 1.54) is 12.0 Å². The van der Waals surface area contributed by atoms with Crippen LogP contribution in [-0.4, -0.2) is 13.7 Å². The minimum atomic E-state index is -0.0163. The standard InChI is InChI=1S/C15H22ClNO/c1-9-10(2)14(18-5)12(11(3)13(9)16)15(4)7-6-8-17-15/h17H,6-8H2,1-5H3. The molecule has 1 atom stereocenters. The summed E-state index contributed by atoms with van der Waals surface area (Å²) >= 11 is 6.47. The molecule has 1 aromatic carbocycles. The summed E-state index contributed by atoms with van der Waals surface area (Å²) in [5.41, 5.74) is 4.64. The zero-order valence-corrected chi connectivity index (χ0v) is 12.7. The second-order valence-corrected chi connectivity index (χ2v) is 5.84. The first-order valence-electron chi connectivity index (χ1n) is 6.51. The monoisotopic (exact) mass is 267 g/mol. The van der Waals surface area contributed by atoms with Gasteiger partial charge in [0.15, 0.2) is 0 Å². The van der Waals surface area contributed by atoms with E-state index in [4.69, 9.17) is 16.3 Å². The molecule has 0 aliphatic carbocycles. The van der Waals surface area contributed by atoms with Crippen LogP contribution in [0.15, 0.2) is 0 Å². The highest BCUT2D eigenvalue weighted by atomic mass is 35.5. The molecule has 1 aliphatic rings. The van der Waals surface area contributed by atoms with Crippen LogP contribution < -0.4 is 10.1 Å². The van der Waals surface area contributed by atoms with Crippen molar-refractivity contribution in [2.24, 2.45) is 0 Å². The molecule has 1 fully saturated rings. The van der Waals surface area contributed by atoms with E-state index >= 15 is 0 Å². The molecule has 0 aromatic heterocycles. The first-order chi connectivity index (χ1) is 8.42. The van der Waals surface area contributed by atoms with Gasteiger partial charge in [-0.1, -0.05) is 11.6 Å². The Kier molecular flexibility index (Phi) is 3.61. The van der Waals surface area contributed by atoms with Crippen molar-refractivity contribution in [3.8, 4) is 5.75 Å². The maximum absolute atomic E-state index is 6.47. The van der Waals surface area contributed by atoms with Crippen molar-refractivity contribution in [1.29, 1.82) is 0 Å². The molecule has 0 saturated carbocycles. The van der Waals surface area contributed by atoms with Crippen LogP contribution in [0.25, 0.3) is 0 Å². The van der Waals surface area contributed by atoms with Gasteiger partial charge in [0.1, 0.15) is 5.75 Å². The topological polar surface area (TPSA) is 21.3 Å². The summed E-state index contributed by atoms with van der Waals surface area (Å²) in [6.45, 7) is 9.54. The molecule has 0 spiro atoms. The van der Waals surface area contributed by atoms with Crippen LogP contribution in [0.3, 0.4) is 0 Å². The molecule has 1 N–H and O–H groups in total. The second kappa shape index (κ2) is 4.75. The summed E-state index contributed by atoms with van der Waals surface area (Å²) in [5.74, 6) is 0.992. The van der Waals surface area contributed by atoms with Crippen molar-refractivity contribution in [3.05, 3.63) is 27.3 Å². The maximum atomic E-state index is 6.47. The van der Waals surface area contributed by atoms with Gasteiger partial charge >= 0.3 is 0 Å². The summed E-state index contributed by atoms with van der Waals surface area (Å²) in [6, 6.07) is 0. The van der Waals surface area contributed by atoms with E-state index in [0.717, 1.165) is 40.4 Å². The average Bonchev–Trinajstić information content (AvgIpc) is 2.78. The van der Waals surface area contributed by atoms with Crippen molar-refractivity contribution in [2.75, 3.05) is 13.7 Å². The van der Waals surface area contributed by atoms with Gasteiger partial charge < -0.3 is 10.1 Å². The molecule has 0 amide bonds. The molecular weight excluding hydrogens is 246 g/mol. The fraction of sp³-hybridized carbons (Fsp3) is 0.600. The zero-order valence-electron chi connectivity index (χ0n) is 11.9. The smallest absolute Gasteiger partial charge is 0.127 e. The Morgan fingerprint density at radius 3 is 2.33 bits per heavy atom. The molecule has 18 heavy (non-hydrogen) atoms. The van der Waals surface area contributed by atoms with Gasteiger partial charge in [-0.25, -0.2) is 0 Å². The number of ether oxygens (including phenoxy) is 1. The summed E-state index contributed by atoms with van der Waals surface area (Å²) in [6.07, 6.45) is 2.33. The summed E-state index contributed by atoms with van der Waals surface area (Å²) in [4.78, 5) is 0. The predicted octanol–water partition coefficient (Wildman–Crippen LogP) is 3.87. The Morgan fingerprint density at radius 2 is 1.83 bits per heavy atom. The van der Waals surface area contributed by atoms with E-state index in [1.807, 2.05) is 0 Å². The van der Waals surface area contributed by atoms with Crippen LogP contribution in [0, 0.1) is 20.8 Å². The molecule has 3 heteroatoms. The normalized spacial score (nSPS) is 23.4. The Balaban J connectivity index is 2.72. The molecule has 1 unspecified atom stereocenters. The minimum Gasteiger partial charge on any atom is -0.496 e. The molecule has 1 saturated heterocycles. The SMILES string of the molecule is COc1c(C)c(C)c(Cl)c(C)c1C1(C)CCCN1. The highest BCUT2D eigenvalue weighted by molar-refractivity contribution is 6.32. The maximum Gasteiger partial charge on any atom is 0.127 e. The fourth-order valence-electron chi connectivity index (χ4n) is 3.11. The van der Waals surface area contributed by atoms with E-state index in [1.54, 1.807) is 7.11 Å². The van der Waals surface area contributed by atoms with E-state index in [0.29, 0.717) is 0 Å². The van der Waals surface area contributed by atoms with Gasteiger partial charge in [0, 0.05) is 16.1 Å². The van der Waals surface area contributed by atoms with Crippen LogP contribution in [0.5, 0.6) is 5.75 Å². The number of nitrogens with one attached hydrogen (secondary N) is 1. The molecule has 2 rings (SSSR count). The molecule has 0 radical (unpaired) electrons. The lowest BCUT2D eigenvalue weighted by Gasteiger charge is -2.31. The van der Waals surface area contributed by atoms with Crippen molar-refractivity contribution >= 4 is 11.6 Å². The largest absolute Gasteiger partial charge is 0.496 e. The quantitative estimate of drug-likeness (QED) is 0.878. The second-order valence-electron chi connectivity index (χ2n) is 5.46. The van der Waals surface area contributed by atoms with Crippen molar-refractivity contribution < 1.29 is 4.74 Å². The molecule has 1 aromatic rings. The van der Waals surface area contributed by atoms with Crippen molar-refractivity contribution in [3.63, 3.8) is 0 Å². The number of hydrogen-bond donors (Lipinski definition) is 1. The average molecular weight is 268 g/mol. The summed E-state index contributed by atoms with van der Waals surface area (Å²) in [7, 11) is 1.75. The number of rotatable bonds is 2. The highest BCUT2D eigenvalue weighted by Gasteiger charge is 2.36. The number of benzene rings is 1. The molecule has 0 bridgehead atoms. The highest BCUT2D eigenvalue weighted by Crippen LogP contribution is 2.44. The molecule has 100 valence electrons. The van der Waals surface area contributed by atoms with Crippen LogP contribution in [0.2, 0.25) is 5.02 Å². The Bertz CT molecular complexity index is 476. The predicted molar refractivity (Wildman–Crippen MR) is 76.8 cm³/mol. The van der Waals surface area contributed by atoms with Gasteiger partial charge in [0.05, 0.1) is 7.11 Å². The van der Waals surface area contributed by atoms with Gasteiger partial charge in [-0.05, 0) is 63.8 Å². The molecule has 1 heterocycles. The molecule has 1 aliphatic heterocycles. The van der Waals surface area contributed by atoms with Gasteiger partial charge in [0.2, 0.25) is 0 Å². The van der Waals surface area contributed by atoms with E-state index in [9.17, 15) is 0 Å². The first-order valence-corrected chi connectivity index (χ1v) is 6.89. The number of methoxy groups -OCH3 is 1. The third-order valence-electron chi connectivity index (χ3n) is 4.29. The summed E-state index contributed by atoms with van der Waals surface area (Å²) in [5, 5.41) is 4.47. The van der Waals surface area contributed by atoms with Crippen LogP contribution in [0.1, 0.15) is 42.0 Å². The third kappa shape index (κ3) is 1.92. The van der Waals surface area contributed by atoms with Crippen molar-refractivity contribution in [2.45, 2.75) is 46.1 Å². The van der Waals surface area contributed by atoms with Crippen LogP contribution in [-0.2, 0) is 5.54 Å². The molecule has 2 nitrogen and oxygen atoms in total. The van der Waals surface area contributed by atoms with E-state index in [-0.39, 0.29) is 5.54 Å². The zero-order chi connectivity index (χ0) is 13.5. The van der Waals surface area contributed by atoms with Crippen LogP contribution in [0.4, 0.5) is 0 Å². The fourth-order valence-corrected chi connectivity index (χ4v) is 3.35. The third-order valence-corrected chi connectivity index (χ3v) is 4.86. The van der Waals surface area contributed by atoms with Gasteiger partial charge in [-0.3, -0.25) is 0 Å². The van der Waals surface area contributed by atoms with Gasteiger partial charge in [-0.15, -0.1) is 0 Å². The minimum absolute atomic E-state index is 0.0163. The first kappa shape index (κ1) is 13.7. The lowest BCUT2D eigenvalue weighted by atomic mass is 9.84. The van der Waals surface area contributed by atoms with Crippen LogP contribution >= 0.6 is 11.6 Å². The Hall–Kier alpha value is -0.730. The van der Waals surface area contributed by atoms with Gasteiger partial charge in [-0.2, -0.15) is 0 Å². The Morgan fingerprint density at radius 1 is 1.17 bits per heavy atom. The Labute approximate surface area is 115 Å². The lowest BCUT2D eigenvalue weighted by Crippen LogP contribution is -2.34. The van der Waals surface area contributed by atoms with Gasteiger partial charge in [0.25, 0.3) is 0 Å². The number of halogens is 1. The van der Waals surface area contributed by atoms with E-state index in [2.05, 4.69) is 33.0 Å².